The summed E-state index contributed by atoms with van der Waals surface area (Å²) in [5, 5.41) is 7.78. The zero-order valence-electron chi connectivity index (χ0n) is 11.1. The Hall–Kier alpha value is -0.920. The van der Waals surface area contributed by atoms with E-state index in [1.165, 1.54) is 0 Å². The predicted octanol–water partition coefficient (Wildman–Crippen LogP) is 4.94. The molecule has 7 heteroatoms. The third-order valence-electron chi connectivity index (χ3n) is 2.97. The summed E-state index contributed by atoms with van der Waals surface area (Å²) in [5.74, 6) is 0. The van der Waals surface area contributed by atoms with Crippen LogP contribution in [0.3, 0.4) is 0 Å². The number of aryl methyl sites for hydroxylation is 1. The van der Waals surface area contributed by atoms with Crippen LogP contribution in [0, 0.1) is 6.92 Å². The van der Waals surface area contributed by atoms with Crippen molar-refractivity contribution in [1.82, 2.24) is 14.6 Å². The van der Waals surface area contributed by atoms with E-state index in [-0.39, 0.29) is 0 Å². The number of hydrogen-bond donors (Lipinski definition) is 1. The Kier molecular flexibility index (Phi) is 4.33. The summed E-state index contributed by atoms with van der Waals surface area (Å²) in [4.78, 5) is 4.40. The molecule has 3 rings (SSSR count). The van der Waals surface area contributed by atoms with E-state index >= 15 is 0 Å². The largest absolute Gasteiger partial charge is 0.379 e. The second-order valence-electron chi connectivity index (χ2n) is 4.65. The van der Waals surface area contributed by atoms with Crippen LogP contribution in [-0.4, -0.2) is 14.6 Å². The topological polar surface area (TPSA) is 42.2 Å². The van der Waals surface area contributed by atoms with Crippen molar-refractivity contribution in [1.29, 1.82) is 0 Å². The number of nitrogens with zero attached hydrogens (tertiary/aromatic N) is 3. The lowest BCUT2D eigenvalue weighted by Gasteiger charge is -2.11. The molecule has 0 unspecified atom stereocenters. The first-order valence-corrected chi connectivity index (χ1v) is 8.60. The number of rotatable bonds is 3. The minimum atomic E-state index is 0.667. The highest BCUT2D eigenvalue weighted by Gasteiger charge is 2.07. The summed E-state index contributed by atoms with van der Waals surface area (Å²) < 4.78 is 4.81. The molecular weight excluding hydrogens is 464 g/mol. The molecule has 0 aliphatic carbocycles. The van der Waals surface area contributed by atoms with Crippen molar-refractivity contribution >= 4 is 59.1 Å². The monoisotopic (exact) mass is 472 g/mol. The predicted molar refractivity (Wildman–Crippen MR) is 94.6 cm³/mol. The smallest absolute Gasteiger partial charge is 0.155 e. The van der Waals surface area contributed by atoms with Crippen molar-refractivity contribution in [3.63, 3.8) is 0 Å². The second kappa shape index (κ2) is 6.06. The van der Waals surface area contributed by atoms with Crippen LogP contribution in [0.4, 0.5) is 5.69 Å². The first-order valence-electron chi connectivity index (χ1n) is 6.22. The van der Waals surface area contributed by atoms with E-state index in [1.807, 2.05) is 37.5 Å². The Morgan fingerprint density at radius 2 is 1.86 bits per heavy atom. The summed E-state index contributed by atoms with van der Waals surface area (Å²) in [6, 6.07) is 5.97. The first-order chi connectivity index (χ1) is 10.0. The number of fused-ring (bicyclic) bond motifs is 1. The molecule has 1 N–H and O–H groups in total. The van der Waals surface area contributed by atoms with Crippen molar-refractivity contribution in [3.05, 3.63) is 55.3 Å². The number of halogens is 3. The number of nitrogens with one attached hydrogen (secondary N) is 1. The zero-order chi connectivity index (χ0) is 15.0. The quantitative estimate of drug-likeness (QED) is 0.584. The van der Waals surface area contributed by atoms with Gasteiger partial charge in [-0.2, -0.15) is 5.10 Å². The highest BCUT2D eigenvalue weighted by Crippen LogP contribution is 2.34. The number of benzene rings is 1. The van der Waals surface area contributed by atoms with Crippen LogP contribution in [0.1, 0.15) is 11.3 Å². The lowest BCUT2D eigenvalue weighted by atomic mass is 10.3. The molecule has 3 aromatic rings. The molecular formula is C14H11Br3N4. The fraction of sp³-hybridized carbons (Fsp3) is 0.143. The van der Waals surface area contributed by atoms with Crippen LogP contribution < -0.4 is 5.32 Å². The number of aromatic nitrogens is 3. The molecule has 0 aliphatic rings. The van der Waals surface area contributed by atoms with Gasteiger partial charge >= 0.3 is 0 Å². The van der Waals surface area contributed by atoms with E-state index in [4.69, 9.17) is 0 Å². The van der Waals surface area contributed by atoms with Crippen molar-refractivity contribution in [2.24, 2.45) is 0 Å². The number of anilines is 1. The van der Waals surface area contributed by atoms with Crippen LogP contribution in [0.2, 0.25) is 0 Å². The van der Waals surface area contributed by atoms with Gasteiger partial charge in [0, 0.05) is 44.0 Å². The Balaban J connectivity index is 1.83. The zero-order valence-corrected chi connectivity index (χ0v) is 15.8. The molecule has 0 saturated heterocycles. The standard InChI is InChI=1S/C14H11Br3N4/c1-8-2-13-18-5-9(7-21(13)20-8)6-19-14-11(16)3-10(15)4-12(14)17/h2-5,7,19H,6H2,1H3. The second-order valence-corrected chi connectivity index (χ2v) is 7.27. The van der Waals surface area contributed by atoms with Crippen molar-refractivity contribution in [2.45, 2.75) is 13.5 Å². The average Bonchev–Trinajstić information content (AvgIpc) is 2.76. The van der Waals surface area contributed by atoms with Crippen LogP contribution in [-0.2, 0) is 6.54 Å². The highest BCUT2D eigenvalue weighted by molar-refractivity contribution is 9.11. The fourth-order valence-corrected chi connectivity index (χ4v) is 4.57. The lowest BCUT2D eigenvalue weighted by Crippen LogP contribution is -2.03. The molecule has 0 atom stereocenters. The van der Waals surface area contributed by atoms with E-state index in [1.54, 1.807) is 4.52 Å². The van der Waals surface area contributed by atoms with Crippen molar-refractivity contribution < 1.29 is 0 Å². The molecule has 0 fully saturated rings. The van der Waals surface area contributed by atoms with Gasteiger partial charge in [0.1, 0.15) is 0 Å². The molecule has 0 amide bonds. The Morgan fingerprint density at radius 1 is 1.14 bits per heavy atom. The van der Waals surface area contributed by atoms with Crippen LogP contribution >= 0.6 is 47.8 Å². The van der Waals surface area contributed by atoms with E-state index in [9.17, 15) is 0 Å². The van der Waals surface area contributed by atoms with Gasteiger partial charge in [0.2, 0.25) is 0 Å². The Morgan fingerprint density at radius 3 is 2.57 bits per heavy atom. The van der Waals surface area contributed by atoms with E-state index in [0.29, 0.717) is 6.54 Å². The third kappa shape index (κ3) is 3.30. The molecule has 0 spiro atoms. The minimum Gasteiger partial charge on any atom is -0.379 e. The van der Waals surface area contributed by atoms with Gasteiger partial charge in [-0.1, -0.05) is 15.9 Å². The molecule has 1 aromatic carbocycles. The van der Waals surface area contributed by atoms with Gasteiger partial charge in [0.25, 0.3) is 0 Å². The lowest BCUT2D eigenvalue weighted by molar-refractivity contribution is 0.895. The summed E-state index contributed by atoms with van der Waals surface area (Å²) in [7, 11) is 0. The summed E-state index contributed by atoms with van der Waals surface area (Å²) in [5.41, 5.74) is 3.90. The van der Waals surface area contributed by atoms with Crippen molar-refractivity contribution in [2.75, 3.05) is 5.32 Å². The maximum atomic E-state index is 4.40. The minimum absolute atomic E-state index is 0.667. The molecule has 0 aliphatic heterocycles. The van der Waals surface area contributed by atoms with E-state index < -0.39 is 0 Å². The van der Waals surface area contributed by atoms with Gasteiger partial charge in [-0.15, -0.1) is 0 Å². The maximum Gasteiger partial charge on any atom is 0.155 e. The molecule has 0 bridgehead atoms. The molecule has 2 heterocycles. The Labute approximate surface area is 147 Å². The van der Waals surface area contributed by atoms with Gasteiger partial charge in [-0.05, 0) is 50.9 Å². The molecule has 0 radical (unpaired) electrons. The van der Waals surface area contributed by atoms with E-state index in [0.717, 1.165) is 36.0 Å². The van der Waals surface area contributed by atoms with E-state index in [2.05, 4.69) is 63.2 Å². The molecule has 4 nitrogen and oxygen atoms in total. The van der Waals surface area contributed by atoms with Gasteiger partial charge in [0.15, 0.2) is 5.65 Å². The highest BCUT2D eigenvalue weighted by atomic mass is 79.9. The van der Waals surface area contributed by atoms with Gasteiger partial charge in [-0.3, -0.25) is 0 Å². The molecule has 21 heavy (non-hydrogen) atoms. The first kappa shape index (κ1) is 15.0. The van der Waals surface area contributed by atoms with Crippen molar-refractivity contribution in [3.8, 4) is 0 Å². The van der Waals surface area contributed by atoms with Gasteiger partial charge in [0.05, 0.1) is 11.4 Å². The summed E-state index contributed by atoms with van der Waals surface area (Å²) >= 11 is 10.6. The number of hydrogen-bond acceptors (Lipinski definition) is 3. The Bertz CT molecular complexity index is 790. The van der Waals surface area contributed by atoms with Crippen LogP contribution in [0.5, 0.6) is 0 Å². The summed E-state index contributed by atoms with van der Waals surface area (Å²) in [6.45, 7) is 2.63. The molecule has 108 valence electrons. The van der Waals surface area contributed by atoms with Crippen LogP contribution in [0.25, 0.3) is 5.65 Å². The summed E-state index contributed by atoms with van der Waals surface area (Å²) in [6.07, 6.45) is 3.85. The third-order valence-corrected chi connectivity index (χ3v) is 4.67. The maximum absolute atomic E-state index is 4.40. The normalized spacial score (nSPS) is 11.0. The van der Waals surface area contributed by atoms with Gasteiger partial charge < -0.3 is 5.32 Å². The molecule has 0 saturated carbocycles. The fourth-order valence-electron chi connectivity index (χ4n) is 2.03. The average molecular weight is 475 g/mol. The van der Waals surface area contributed by atoms with Crippen LogP contribution in [0.15, 0.2) is 44.0 Å². The molecule has 2 aromatic heterocycles. The SMILES string of the molecule is Cc1cc2ncc(CNc3c(Br)cc(Br)cc3Br)cn2n1. The van der Waals surface area contributed by atoms with Gasteiger partial charge in [-0.25, -0.2) is 9.50 Å².